The molecule has 0 aromatic heterocycles. The van der Waals surface area contributed by atoms with Gasteiger partial charge in [0.2, 0.25) is 0 Å². The summed E-state index contributed by atoms with van der Waals surface area (Å²) in [7, 11) is 0. The molecule has 6 nitrogen and oxygen atoms in total. The highest BCUT2D eigenvalue weighted by Crippen LogP contribution is 2.28. The van der Waals surface area contributed by atoms with Crippen LogP contribution >= 0.6 is 74.4 Å². The molecule has 12 heteroatoms. The molecule has 0 aliphatic carbocycles. The molecule has 0 saturated carbocycles. The van der Waals surface area contributed by atoms with Crippen LogP contribution in [0.25, 0.3) is 0 Å². The van der Waals surface area contributed by atoms with Gasteiger partial charge in [0, 0.05) is 39.3 Å². The van der Waals surface area contributed by atoms with Crippen molar-refractivity contribution in [3.8, 4) is 0 Å². The van der Waals surface area contributed by atoms with Gasteiger partial charge in [0.1, 0.15) is 0 Å². The molecule has 0 unspecified atom stereocenters. The Labute approximate surface area is 181 Å². The summed E-state index contributed by atoms with van der Waals surface area (Å²) >= 11 is 0. The highest BCUT2D eigenvalue weighted by atomic mass is 35.5. The first kappa shape index (κ1) is 39.7. The van der Waals surface area contributed by atoms with Gasteiger partial charge in [-0.05, 0) is 33.4 Å². The lowest BCUT2D eigenvalue weighted by molar-refractivity contribution is 0.833. The van der Waals surface area contributed by atoms with Crippen LogP contribution in [-0.4, -0.2) is 0 Å². The summed E-state index contributed by atoms with van der Waals surface area (Å²) in [5.74, 6) is 0. The number of hydrogen-bond acceptors (Lipinski definition) is 6. The van der Waals surface area contributed by atoms with Gasteiger partial charge in [0.15, 0.2) is 0 Å². The lowest BCUT2D eigenvalue weighted by atomic mass is 9.86. The predicted molar refractivity (Wildman–Crippen MR) is 117 cm³/mol. The summed E-state index contributed by atoms with van der Waals surface area (Å²) in [5, 5.41) is 0. The molecule has 24 heavy (non-hydrogen) atoms. The molecular weight excluding hydrogens is 441 g/mol. The van der Waals surface area contributed by atoms with E-state index in [0.717, 1.165) is 33.4 Å². The molecule has 0 amide bonds. The molecule has 0 heterocycles. The Morgan fingerprint density at radius 1 is 0.292 bits per heavy atom. The second kappa shape index (κ2) is 20.0. The molecule has 0 bridgehead atoms. The molecule has 12 N–H and O–H groups in total. The van der Waals surface area contributed by atoms with Crippen LogP contribution in [0.5, 0.6) is 0 Å². The summed E-state index contributed by atoms with van der Waals surface area (Å²) in [6, 6.07) is 0. The first-order chi connectivity index (χ1) is 8.69. The molecule has 0 aliphatic heterocycles. The average Bonchev–Trinajstić information content (AvgIpc) is 2.43. The molecule has 0 saturated heterocycles. The smallest absolute Gasteiger partial charge is 0.0184 e. The molecule has 0 atom stereocenters. The molecule has 0 fully saturated rings. The van der Waals surface area contributed by atoms with Crippen LogP contribution in [0, 0.1) is 0 Å². The van der Waals surface area contributed by atoms with E-state index in [4.69, 9.17) is 34.4 Å². The van der Waals surface area contributed by atoms with E-state index in [1.54, 1.807) is 0 Å². The van der Waals surface area contributed by atoms with Crippen molar-refractivity contribution in [2.45, 2.75) is 39.3 Å². The van der Waals surface area contributed by atoms with Gasteiger partial charge < -0.3 is 34.4 Å². The van der Waals surface area contributed by atoms with Gasteiger partial charge in [0.25, 0.3) is 0 Å². The normalized spacial score (nSPS) is 8.25. The SMILES string of the molecule is Cl.Cl.Cl.Cl.Cl.Cl.NCc1c(CN)c(CN)c(CN)c(CN)c1CN. The minimum Gasteiger partial charge on any atom is -0.326 e. The second-order valence-electron chi connectivity index (χ2n) is 4.10. The summed E-state index contributed by atoms with van der Waals surface area (Å²) in [6.07, 6.45) is 0. The summed E-state index contributed by atoms with van der Waals surface area (Å²) in [5.41, 5.74) is 40.7. The van der Waals surface area contributed by atoms with E-state index in [0.29, 0.717) is 39.3 Å². The van der Waals surface area contributed by atoms with Crippen LogP contribution in [0.15, 0.2) is 0 Å². The quantitative estimate of drug-likeness (QED) is 0.363. The Morgan fingerprint density at radius 3 is 0.417 bits per heavy atom. The van der Waals surface area contributed by atoms with Gasteiger partial charge in [-0.3, -0.25) is 0 Å². The number of benzene rings is 1. The van der Waals surface area contributed by atoms with Gasteiger partial charge >= 0.3 is 0 Å². The maximum absolute atomic E-state index is 5.82. The standard InChI is InChI=1S/C12H24N6.6ClH/c13-1-7-8(2-14)10(4-16)12(6-18)11(5-17)9(7)3-15;;;;;;/h1-6,13-18H2;6*1H. The van der Waals surface area contributed by atoms with Crippen molar-refractivity contribution in [2.75, 3.05) is 0 Å². The van der Waals surface area contributed by atoms with Crippen LogP contribution < -0.4 is 34.4 Å². The van der Waals surface area contributed by atoms with E-state index in [9.17, 15) is 0 Å². The van der Waals surface area contributed by atoms with Crippen molar-refractivity contribution < 1.29 is 0 Å². The molecular formula is C12H30Cl6N6. The molecule has 1 aromatic carbocycles. The Morgan fingerprint density at radius 2 is 0.375 bits per heavy atom. The molecule has 0 radical (unpaired) electrons. The van der Waals surface area contributed by atoms with Gasteiger partial charge in [-0.25, -0.2) is 0 Å². The third kappa shape index (κ3) is 7.95. The van der Waals surface area contributed by atoms with Crippen LogP contribution in [0.2, 0.25) is 0 Å². The Hall–Kier alpha value is 0.720. The number of nitrogens with two attached hydrogens (primary N) is 6. The fraction of sp³-hybridized carbons (Fsp3) is 0.500. The van der Waals surface area contributed by atoms with Crippen LogP contribution in [0.3, 0.4) is 0 Å². The minimum atomic E-state index is 0. The first-order valence-corrected chi connectivity index (χ1v) is 6.07. The lowest BCUT2D eigenvalue weighted by Gasteiger charge is -2.23. The van der Waals surface area contributed by atoms with Crippen molar-refractivity contribution in [3.63, 3.8) is 0 Å². The van der Waals surface area contributed by atoms with E-state index in [2.05, 4.69) is 0 Å². The summed E-state index contributed by atoms with van der Waals surface area (Å²) in [6.45, 7) is 2.27. The van der Waals surface area contributed by atoms with Gasteiger partial charge in [-0.15, -0.1) is 74.4 Å². The Balaban J connectivity index is -0.000000135. The van der Waals surface area contributed by atoms with Crippen LogP contribution in [0.4, 0.5) is 0 Å². The molecule has 0 aliphatic rings. The lowest BCUT2D eigenvalue weighted by Crippen LogP contribution is -2.23. The minimum absolute atomic E-state index is 0. The largest absolute Gasteiger partial charge is 0.326 e. The van der Waals surface area contributed by atoms with Crippen molar-refractivity contribution in [1.29, 1.82) is 0 Å². The fourth-order valence-electron chi connectivity index (χ4n) is 2.57. The van der Waals surface area contributed by atoms with Crippen molar-refractivity contribution in [1.82, 2.24) is 0 Å². The summed E-state index contributed by atoms with van der Waals surface area (Å²) in [4.78, 5) is 0. The monoisotopic (exact) mass is 468 g/mol. The number of halogens is 6. The van der Waals surface area contributed by atoms with Crippen molar-refractivity contribution in [3.05, 3.63) is 33.4 Å². The molecule has 150 valence electrons. The van der Waals surface area contributed by atoms with Gasteiger partial charge in [-0.2, -0.15) is 0 Å². The van der Waals surface area contributed by atoms with Crippen molar-refractivity contribution >= 4 is 74.4 Å². The van der Waals surface area contributed by atoms with E-state index in [1.165, 1.54) is 0 Å². The number of hydrogen-bond donors (Lipinski definition) is 6. The van der Waals surface area contributed by atoms with Crippen LogP contribution in [0.1, 0.15) is 33.4 Å². The highest BCUT2D eigenvalue weighted by Gasteiger charge is 2.19. The van der Waals surface area contributed by atoms with Gasteiger partial charge in [0.05, 0.1) is 0 Å². The van der Waals surface area contributed by atoms with Crippen LogP contribution in [-0.2, 0) is 39.3 Å². The van der Waals surface area contributed by atoms with Gasteiger partial charge in [-0.1, -0.05) is 0 Å². The maximum atomic E-state index is 5.82. The topological polar surface area (TPSA) is 156 Å². The zero-order chi connectivity index (χ0) is 13.7. The number of rotatable bonds is 6. The molecule has 1 rings (SSSR count). The predicted octanol–water partition coefficient (Wildman–Crippen LogP) is 0.970. The second-order valence-corrected chi connectivity index (χ2v) is 4.10. The summed E-state index contributed by atoms with van der Waals surface area (Å²) < 4.78 is 0. The third-order valence-corrected chi connectivity index (χ3v) is 3.41. The van der Waals surface area contributed by atoms with E-state index >= 15 is 0 Å². The maximum Gasteiger partial charge on any atom is 0.0184 e. The first-order valence-electron chi connectivity index (χ1n) is 6.07. The van der Waals surface area contributed by atoms with Crippen molar-refractivity contribution in [2.24, 2.45) is 34.4 Å². The van der Waals surface area contributed by atoms with E-state index < -0.39 is 0 Å². The van der Waals surface area contributed by atoms with E-state index in [1.807, 2.05) is 0 Å². The molecule has 1 aromatic rings. The van der Waals surface area contributed by atoms with E-state index in [-0.39, 0.29) is 74.4 Å². The zero-order valence-corrected chi connectivity index (χ0v) is 18.1. The zero-order valence-electron chi connectivity index (χ0n) is 13.2. The highest BCUT2D eigenvalue weighted by molar-refractivity contribution is 5.86. The fourth-order valence-corrected chi connectivity index (χ4v) is 2.57. The Kier molecular flexibility index (Phi) is 33.1. The average molecular weight is 471 g/mol. The third-order valence-electron chi connectivity index (χ3n) is 3.41. The Bertz CT molecular complexity index is 314. The molecule has 0 spiro atoms.